The zero-order chi connectivity index (χ0) is 13.4. The lowest BCUT2D eigenvalue weighted by atomic mass is 10.0. The van der Waals surface area contributed by atoms with E-state index in [-0.39, 0.29) is 0 Å². The number of amidine groups is 1. The van der Waals surface area contributed by atoms with Crippen LogP contribution in [0.25, 0.3) is 0 Å². The number of hydrogen-bond donors (Lipinski definition) is 1. The van der Waals surface area contributed by atoms with Crippen molar-refractivity contribution in [1.29, 1.82) is 0 Å². The van der Waals surface area contributed by atoms with Crippen LogP contribution in [0, 0.1) is 20.4 Å². The molecular weight excluding hydrogens is 256 g/mol. The van der Waals surface area contributed by atoms with Gasteiger partial charge in [-0.15, -0.1) is 0 Å². The van der Waals surface area contributed by atoms with E-state index in [1.54, 1.807) is 0 Å². The van der Waals surface area contributed by atoms with E-state index in [1.165, 1.54) is 5.56 Å². The second kappa shape index (κ2) is 4.71. The number of para-hydroxylation sites is 1. The topological polar surface area (TPSA) is 24.4 Å². The van der Waals surface area contributed by atoms with Crippen molar-refractivity contribution in [3.05, 3.63) is 70.2 Å². The van der Waals surface area contributed by atoms with E-state index in [0.717, 1.165) is 33.2 Å². The van der Waals surface area contributed by atoms with Crippen molar-refractivity contribution < 1.29 is 0 Å². The van der Waals surface area contributed by atoms with E-state index in [4.69, 9.17) is 11.6 Å². The van der Waals surface area contributed by atoms with E-state index in [2.05, 4.69) is 36.3 Å². The second-order valence-electron chi connectivity index (χ2n) is 4.73. The Balaban J connectivity index is 2.03. The molecule has 19 heavy (non-hydrogen) atoms. The van der Waals surface area contributed by atoms with Gasteiger partial charge in [0.25, 0.3) is 0 Å². The first kappa shape index (κ1) is 12.2. The molecule has 0 saturated heterocycles. The molecule has 3 rings (SSSR count). The van der Waals surface area contributed by atoms with E-state index < -0.39 is 0 Å². The second-order valence-corrected chi connectivity index (χ2v) is 5.17. The first-order valence-electron chi connectivity index (χ1n) is 6.19. The standard InChI is InChI=1S/C16H14ClN2/c1-10-6-7-13(17)8-14(10)16-18-9-12-5-3-4-11(2)15(12)19-16/h3-9H,1-2H3,(H,18,19). The molecular formula is C16H14ClN2. The molecule has 1 aliphatic heterocycles. The van der Waals surface area contributed by atoms with Crippen LogP contribution < -0.4 is 5.32 Å². The summed E-state index contributed by atoms with van der Waals surface area (Å²) in [6.07, 6.45) is 0. The number of fused-ring (bicyclic) bond motifs is 1. The number of nitrogens with one attached hydrogen (secondary N) is 1. The molecule has 0 bridgehead atoms. The van der Waals surface area contributed by atoms with Gasteiger partial charge in [0, 0.05) is 21.8 Å². The average molecular weight is 270 g/mol. The molecule has 2 aromatic rings. The minimum Gasteiger partial charge on any atom is -0.340 e. The van der Waals surface area contributed by atoms with Gasteiger partial charge in [-0.3, -0.25) is 4.99 Å². The van der Waals surface area contributed by atoms with Crippen LogP contribution >= 0.6 is 11.6 Å². The van der Waals surface area contributed by atoms with Crippen LogP contribution in [-0.4, -0.2) is 5.84 Å². The maximum atomic E-state index is 6.07. The highest BCUT2D eigenvalue weighted by Crippen LogP contribution is 2.28. The molecule has 1 aliphatic rings. The van der Waals surface area contributed by atoms with Gasteiger partial charge in [-0.2, -0.15) is 0 Å². The van der Waals surface area contributed by atoms with E-state index in [1.807, 2.05) is 30.8 Å². The molecule has 1 radical (unpaired) electrons. The Kier molecular flexibility index (Phi) is 3.03. The highest BCUT2D eigenvalue weighted by molar-refractivity contribution is 6.31. The lowest BCUT2D eigenvalue weighted by molar-refractivity contribution is 1.25. The lowest BCUT2D eigenvalue weighted by Crippen LogP contribution is -2.20. The number of nitrogens with zero attached hydrogens (tertiary/aromatic N) is 1. The summed E-state index contributed by atoms with van der Waals surface area (Å²) < 4.78 is 0. The van der Waals surface area contributed by atoms with Gasteiger partial charge >= 0.3 is 0 Å². The third kappa shape index (κ3) is 2.24. The van der Waals surface area contributed by atoms with Crippen LogP contribution in [0.2, 0.25) is 5.02 Å². The molecule has 0 amide bonds. The molecule has 1 heterocycles. The van der Waals surface area contributed by atoms with Crippen molar-refractivity contribution in [2.45, 2.75) is 13.8 Å². The van der Waals surface area contributed by atoms with Crippen molar-refractivity contribution in [3.8, 4) is 0 Å². The largest absolute Gasteiger partial charge is 0.340 e. The van der Waals surface area contributed by atoms with Gasteiger partial charge in [0.2, 0.25) is 0 Å². The molecule has 0 aromatic heterocycles. The van der Waals surface area contributed by atoms with Crippen LogP contribution in [0.1, 0.15) is 22.3 Å². The van der Waals surface area contributed by atoms with Crippen LogP contribution in [-0.2, 0) is 0 Å². The zero-order valence-electron chi connectivity index (χ0n) is 10.9. The third-order valence-electron chi connectivity index (χ3n) is 3.34. The van der Waals surface area contributed by atoms with E-state index >= 15 is 0 Å². The van der Waals surface area contributed by atoms with E-state index in [0.29, 0.717) is 0 Å². The number of anilines is 1. The number of halogens is 1. The van der Waals surface area contributed by atoms with Gasteiger partial charge in [-0.1, -0.05) is 35.9 Å². The van der Waals surface area contributed by atoms with Gasteiger partial charge in [0.1, 0.15) is 12.4 Å². The minimum atomic E-state index is 0.723. The van der Waals surface area contributed by atoms with Crippen molar-refractivity contribution in [1.82, 2.24) is 0 Å². The molecule has 0 unspecified atom stereocenters. The monoisotopic (exact) mass is 269 g/mol. The fraction of sp³-hybridized carbons (Fsp3) is 0.125. The fourth-order valence-corrected chi connectivity index (χ4v) is 2.41. The smallest absolute Gasteiger partial charge is 0.133 e. The Bertz CT molecular complexity index is 674. The molecule has 0 spiro atoms. The number of benzene rings is 2. The van der Waals surface area contributed by atoms with Gasteiger partial charge < -0.3 is 5.32 Å². The summed E-state index contributed by atoms with van der Waals surface area (Å²) in [4.78, 5) is 4.51. The molecule has 3 heteroatoms. The molecule has 95 valence electrons. The molecule has 2 aromatic carbocycles. The molecule has 2 nitrogen and oxygen atoms in total. The van der Waals surface area contributed by atoms with Gasteiger partial charge in [-0.05, 0) is 37.1 Å². The van der Waals surface area contributed by atoms with Crippen molar-refractivity contribution in [3.63, 3.8) is 0 Å². The molecule has 1 N–H and O–H groups in total. The van der Waals surface area contributed by atoms with Crippen LogP contribution in [0.5, 0.6) is 0 Å². The van der Waals surface area contributed by atoms with Crippen LogP contribution in [0.3, 0.4) is 0 Å². The summed E-state index contributed by atoms with van der Waals surface area (Å²) in [6, 6.07) is 12.0. The summed E-state index contributed by atoms with van der Waals surface area (Å²) in [5.74, 6) is 0.849. The highest BCUT2D eigenvalue weighted by Gasteiger charge is 2.16. The lowest BCUT2D eigenvalue weighted by Gasteiger charge is -2.21. The summed E-state index contributed by atoms with van der Waals surface area (Å²) in [6.45, 7) is 6.05. The van der Waals surface area contributed by atoms with E-state index in [9.17, 15) is 0 Å². The average Bonchev–Trinajstić information content (AvgIpc) is 2.42. The number of hydrogen-bond acceptors (Lipinski definition) is 2. The van der Waals surface area contributed by atoms with Crippen molar-refractivity contribution in [2.75, 3.05) is 5.32 Å². The maximum Gasteiger partial charge on any atom is 0.133 e. The van der Waals surface area contributed by atoms with Gasteiger partial charge in [0.15, 0.2) is 0 Å². The zero-order valence-corrected chi connectivity index (χ0v) is 11.6. The van der Waals surface area contributed by atoms with Crippen molar-refractivity contribution in [2.24, 2.45) is 4.99 Å². The normalized spacial score (nSPS) is 13.5. The summed E-state index contributed by atoms with van der Waals surface area (Å²) in [5.41, 5.74) is 5.63. The fourth-order valence-electron chi connectivity index (χ4n) is 2.24. The molecule has 0 atom stereocenters. The summed E-state index contributed by atoms with van der Waals surface area (Å²) in [5, 5.41) is 4.13. The summed E-state index contributed by atoms with van der Waals surface area (Å²) in [7, 11) is 0. The molecule has 0 fully saturated rings. The number of rotatable bonds is 1. The van der Waals surface area contributed by atoms with Gasteiger partial charge in [0.05, 0.1) is 0 Å². The van der Waals surface area contributed by atoms with Crippen molar-refractivity contribution >= 4 is 23.1 Å². The first-order valence-corrected chi connectivity index (χ1v) is 6.57. The Morgan fingerprint density at radius 3 is 2.74 bits per heavy atom. The molecule has 0 saturated carbocycles. The maximum absolute atomic E-state index is 6.07. The van der Waals surface area contributed by atoms with Crippen LogP contribution in [0.4, 0.5) is 5.69 Å². The highest BCUT2D eigenvalue weighted by atomic mass is 35.5. The minimum absolute atomic E-state index is 0.723. The summed E-state index contributed by atoms with van der Waals surface area (Å²) >= 11 is 6.07. The SMILES string of the molecule is Cc1ccc(Cl)cc1C1=N[CH]c2cccc(C)c2N1. The van der Waals surface area contributed by atoms with Crippen LogP contribution in [0.15, 0.2) is 41.4 Å². The number of aliphatic imine (C=N–C) groups is 1. The Labute approximate surface area is 118 Å². The number of aryl methyl sites for hydroxylation is 2. The predicted molar refractivity (Wildman–Crippen MR) is 80.9 cm³/mol. The Hall–Kier alpha value is -1.80. The third-order valence-corrected chi connectivity index (χ3v) is 3.57. The quantitative estimate of drug-likeness (QED) is 0.818. The Morgan fingerprint density at radius 1 is 1.05 bits per heavy atom. The molecule has 0 aliphatic carbocycles. The predicted octanol–water partition coefficient (Wildman–Crippen LogP) is 4.34. The van der Waals surface area contributed by atoms with Gasteiger partial charge in [-0.25, -0.2) is 0 Å². The first-order chi connectivity index (χ1) is 9.15. The Morgan fingerprint density at radius 2 is 1.89 bits per heavy atom.